The van der Waals surface area contributed by atoms with Gasteiger partial charge in [-0.15, -0.1) is 0 Å². The molecule has 126 valence electrons. The van der Waals surface area contributed by atoms with Crippen LogP contribution in [0.4, 0.5) is 10.5 Å². The number of amides is 2. The lowest BCUT2D eigenvalue weighted by Gasteiger charge is -2.37. The fourth-order valence-electron chi connectivity index (χ4n) is 3.57. The first-order valence-corrected chi connectivity index (χ1v) is 8.66. The monoisotopic (exact) mass is 345 g/mol. The zero-order valence-electron chi connectivity index (χ0n) is 13.4. The highest BCUT2D eigenvalue weighted by Gasteiger charge is 2.32. The van der Waals surface area contributed by atoms with E-state index in [0.717, 1.165) is 25.3 Å². The van der Waals surface area contributed by atoms with Crippen LogP contribution < -0.4 is 5.32 Å². The second-order valence-electron chi connectivity index (χ2n) is 6.34. The molecule has 2 aliphatic rings. The highest BCUT2D eigenvalue weighted by molar-refractivity contribution is 6.32. The molecule has 2 aromatic rings. The molecule has 0 unspecified atom stereocenters. The van der Waals surface area contributed by atoms with E-state index in [1.807, 2.05) is 27.8 Å². The van der Waals surface area contributed by atoms with Crippen molar-refractivity contribution in [3.05, 3.63) is 41.9 Å². The number of nitrogens with one attached hydrogen (secondary N) is 1. The molecule has 1 N–H and O–H groups in total. The second-order valence-corrected chi connectivity index (χ2v) is 6.75. The summed E-state index contributed by atoms with van der Waals surface area (Å²) in [4.78, 5) is 20.9. The van der Waals surface area contributed by atoms with Gasteiger partial charge in [-0.1, -0.05) is 11.6 Å². The number of carbonyl (C=O) groups is 1. The Morgan fingerprint density at radius 3 is 3.00 bits per heavy atom. The molecule has 1 atom stereocenters. The van der Waals surface area contributed by atoms with Crippen LogP contribution in [0.2, 0.25) is 5.02 Å². The van der Waals surface area contributed by atoms with E-state index < -0.39 is 0 Å². The second kappa shape index (κ2) is 6.45. The molecule has 2 saturated heterocycles. The van der Waals surface area contributed by atoms with E-state index in [1.54, 1.807) is 18.6 Å². The van der Waals surface area contributed by atoms with Crippen LogP contribution in [0.15, 0.2) is 36.9 Å². The average molecular weight is 346 g/mol. The van der Waals surface area contributed by atoms with E-state index in [2.05, 4.69) is 15.2 Å². The van der Waals surface area contributed by atoms with Crippen LogP contribution in [0.3, 0.4) is 0 Å². The average Bonchev–Trinajstić information content (AvgIpc) is 3.25. The van der Waals surface area contributed by atoms with Crippen molar-refractivity contribution in [3.63, 3.8) is 0 Å². The molecule has 0 radical (unpaired) electrons. The summed E-state index contributed by atoms with van der Waals surface area (Å²) in [5.41, 5.74) is 1.55. The first kappa shape index (κ1) is 15.5. The maximum atomic E-state index is 12.5. The molecule has 24 heavy (non-hydrogen) atoms. The van der Waals surface area contributed by atoms with Gasteiger partial charge in [0.25, 0.3) is 0 Å². The lowest BCUT2D eigenvalue weighted by atomic mass is 10.1. The third-order valence-electron chi connectivity index (χ3n) is 4.86. The van der Waals surface area contributed by atoms with Gasteiger partial charge in [0.15, 0.2) is 0 Å². The first-order chi connectivity index (χ1) is 11.7. The number of hydrogen-bond acceptors (Lipinski definition) is 3. The molecular weight excluding hydrogens is 326 g/mol. The van der Waals surface area contributed by atoms with Crippen molar-refractivity contribution in [1.29, 1.82) is 0 Å². The number of hydrogen-bond donors (Lipinski definition) is 1. The molecule has 6 nitrogen and oxygen atoms in total. The number of fused-ring (bicyclic) bond motifs is 1. The Hall–Kier alpha value is -2.05. The number of rotatable bonds is 2. The van der Waals surface area contributed by atoms with Crippen molar-refractivity contribution in [2.24, 2.45) is 0 Å². The summed E-state index contributed by atoms with van der Waals surface area (Å²) in [6.45, 7) is 3.74. The molecule has 0 saturated carbocycles. The van der Waals surface area contributed by atoms with Gasteiger partial charge in [0.1, 0.15) is 0 Å². The Balaban J connectivity index is 1.43. The third kappa shape index (κ3) is 2.99. The van der Waals surface area contributed by atoms with Crippen LogP contribution in [0, 0.1) is 0 Å². The lowest BCUT2D eigenvalue weighted by Crippen LogP contribution is -2.53. The SMILES string of the molecule is O=C(Nc1ccc(-n2ccnc2)c(Cl)c1)N1CCN2CCC[C@H]2C1. The maximum Gasteiger partial charge on any atom is 0.321 e. The predicted octanol–water partition coefficient (Wildman–Crippen LogP) is 2.84. The molecule has 2 aliphatic heterocycles. The molecule has 1 aromatic heterocycles. The largest absolute Gasteiger partial charge is 0.322 e. The van der Waals surface area contributed by atoms with E-state index in [9.17, 15) is 4.79 Å². The van der Waals surface area contributed by atoms with Crippen LogP contribution in [-0.2, 0) is 0 Å². The van der Waals surface area contributed by atoms with Crippen LogP contribution in [-0.4, -0.2) is 57.6 Å². The Morgan fingerprint density at radius 2 is 2.21 bits per heavy atom. The van der Waals surface area contributed by atoms with E-state index in [-0.39, 0.29) is 6.03 Å². The number of carbonyl (C=O) groups excluding carboxylic acids is 1. The Labute approximate surface area is 146 Å². The fourth-order valence-corrected chi connectivity index (χ4v) is 3.85. The fraction of sp³-hybridized carbons (Fsp3) is 0.412. The van der Waals surface area contributed by atoms with Gasteiger partial charge in [0, 0.05) is 43.8 Å². The Bertz CT molecular complexity index is 733. The number of halogens is 1. The molecule has 1 aromatic carbocycles. The van der Waals surface area contributed by atoms with Crippen molar-refractivity contribution in [2.75, 3.05) is 31.5 Å². The topological polar surface area (TPSA) is 53.4 Å². The number of benzene rings is 1. The highest BCUT2D eigenvalue weighted by Crippen LogP contribution is 2.25. The molecule has 2 fully saturated rings. The van der Waals surface area contributed by atoms with Crippen molar-refractivity contribution >= 4 is 23.3 Å². The van der Waals surface area contributed by atoms with Gasteiger partial charge in [-0.3, -0.25) is 4.90 Å². The molecule has 4 rings (SSSR count). The normalized spacial score (nSPS) is 20.9. The van der Waals surface area contributed by atoms with E-state index in [0.29, 0.717) is 16.8 Å². The summed E-state index contributed by atoms with van der Waals surface area (Å²) in [6, 6.07) is 6.00. The molecular formula is C17H20ClN5O. The predicted molar refractivity (Wildman–Crippen MR) is 93.8 cm³/mol. The number of nitrogens with zero attached hydrogens (tertiary/aromatic N) is 4. The summed E-state index contributed by atoms with van der Waals surface area (Å²) in [6.07, 6.45) is 7.66. The zero-order chi connectivity index (χ0) is 16.5. The van der Waals surface area contributed by atoms with Crippen LogP contribution in [0.25, 0.3) is 5.69 Å². The molecule has 0 aliphatic carbocycles. The standard InChI is InChI=1S/C17H20ClN5O/c18-15-10-13(3-4-16(15)23-7-5-19-12-23)20-17(24)22-9-8-21-6-1-2-14(21)11-22/h3-5,7,10,12,14H,1-2,6,8-9,11H2,(H,20,24)/t14-/m0/s1. The van der Waals surface area contributed by atoms with Gasteiger partial charge in [0.2, 0.25) is 0 Å². The van der Waals surface area contributed by atoms with Crippen LogP contribution in [0.5, 0.6) is 0 Å². The zero-order valence-corrected chi connectivity index (χ0v) is 14.1. The van der Waals surface area contributed by atoms with E-state index >= 15 is 0 Å². The summed E-state index contributed by atoms with van der Waals surface area (Å²) >= 11 is 6.34. The Morgan fingerprint density at radius 1 is 1.29 bits per heavy atom. The van der Waals surface area contributed by atoms with Gasteiger partial charge in [-0.25, -0.2) is 9.78 Å². The van der Waals surface area contributed by atoms with Crippen molar-refractivity contribution in [1.82, 2.24) is 19.4 Å². The number of anilines is 1. The smallest absolute Gasteiger partial charge is 0.321 e. The summed E-state index contributed by atoms with van der Waals surface area (Å²) < 4.78 is 1.84. The third-order valence-corrected chi connectivity index (χ3v) is 5.16. The van der Waals surface area contributed by atoms with Crippen molar-refractivity contribution in [2.45, 2.75) is 18.9 Å². The van der Waals surface area contributed by atoms with Gasteiger partial charge in [-0.2, -0.15) is 0 Å². The summed E-state index contributed by atoms with van der Waals surface area (Å²) in [7, 11) is 0. The van der Waals surface area contributed by atoms with Gasteiger partial charge in [-0.05, 0) is 37.6 Å². The molecule has 2 amide bonds. The minimum atomic E-state index is -0.0482. The lowest BCUT2D eigenvalue weighted by molar-refractivity contribution is 0.124. The van der Waals surface area contributed by atoms with Crippen molar-refractivity contribution in [3.8, 4) is 5.69 Å². The number of urea groups is 1. The van der Waals surface area contributed by atoms with Gasteiger partial charge >= 0.3 is 6.03 Å². The van der Waals surface area contributed by atoms with Crippen molar-refractivity contribution < 1.29 is 4.79 Å². The molecule has 0 bridgehead atoms. The maximum absolute atomic E-state index is 12.5. The minimum Gasteiger partial charge on any atom is -0.322 e. The van der Waals surface area contributed by atoms with Gasteiger partial charge in [0.05, 0.1) is 17.0 Å². The van der Waals surface area contributed by atoms with Gasteiger partial charge < -0.3 is 14.8 Å². The quantitative estimate of drug-likeness (QED) is 0.910. The van der Waals surface area contributed by atoms with Crippen LogP contribution in [0.1, 0.15) is 12.8 Å². The van der Waals surface area contributed by atoms with Crippen LogP contribution >= 0.6 is 11.6 Å². The first-order valence-electron chi connectivity index (χ1n) is 8.28. The summed E-state index contributed by atoms with van der Waals surface area (Å²) in [5, 5.41) is 3.54. The molecule has 0 spiro atoms. The highest BCUT2D eigenvalue weighted by atomic mass is 35.5. The van der Waals surface area contributed by atoms with E-state index in [4.69, 9.17) is 11.6 Å². The number of aromatic nitrogens is 2. The molecule has 3 heterocycles. The summed E-state index contributed by atoms with van der Waals surface area (Å²) in [5.74, 6) is 0. The molecule has 7 heteroatoms. The number of imidazole rings is 1. The number of piperazine rings is 1. The minimum absolute atomic E-state index is 0.0482. The van der Waals surface area contributed by atoms with E-state index in [1.165, 1.54) is 19.4 Å². The Kier molecular flexibility index (Phi) is 4.16.